The van der Waals surface area contributed by atoms with Gasteiger partial charge in [0.05, 0.1) is 6.61 Å². The van der Waals surface area contributed by atoms with Crippen LogP contribution in [0.1, 0.15) is 18.5 Å². The van der Waals surface area contributed by atoms with Gasteiger partial charge in [-0.15, -0.1) is 0 Å². The summed E-state index contributed by atoms with van der Waals surface area (Å²) in [6, 6.07) is 4.61. The lowest BCUT2D eigenvalue weighted by Crippen LogP contribution is -2.33. The first-order chi connectivity index (χ1) is 9.12. The van der Waals surface area contributed by atoms with Crippen LogP contribution in [0, 0.1) is 17.2 Å². The van der Waals surface area contributed by atoms with Crippen LogP contribution in [0.4, 0.5) is 0 Å². The molecule has 2 rings (SSSR count). The number of nitriles is 1. The lowest BCUT2D eigenvalue weighted by Gasteiger charge is -2.22. The molecule has 1 aliphatic rings. The summed E-state index contributed by atoms with van der Waals surface area (Å²) in [7, 11) is -3.56. The average Bonchev–Trinajstić information content (AvgIpc) is 2.46. The van der Waals surface area contributed by atoms with Gasteiger partial charge in [0, 0.05) is 19.3 Å². The molecule has 1 saturated heterocycles. The van der Waals surface area contributed by atoms with E-state index in [4.69, 9.17) is 10.00 Å². The SMILES string of the molecule is N#Cc1ccc(S(=O)(=O)NCC2CCCOC2)cn1. The Morgan fingerprint density at radius 2 is 2.37 bits per heavy atom. The summed E-state index contributed by atoms with van der Waals surface area (Å²) in [5.74, 6) is 0.217. The fourth-order valence-electron chi connectivity index (χ4n) is 1.88. The molecular weight excluding hydrogens is 266 g/mol. The van der Waals surface area contributed by atoms with Crippen molar-refractivity contribution in [2.45, 2.75) is 17.7 Å². The molecule has 1 fully saturated rings. The van der Waals surface area contributed by atoms with Crippen molar-refractivity contribution in [3.05, 3.63) is 24.0 Å². The number of ether oxygens (including phenoxy) is 1. The Balaban J connectivity index is 1.99. The standard InChI is InChI=1S/C12H15N3O3S/c13-6-11-3-4-12(8-14-11)19(16,17)15-7-10-2-1-5-18-9-10/h3-4,8,10,15H,1-2,5,7,9H2. The number of pyridine rings is 1. The van der Waals surface area contributed by atoms with Crippen molar-refractivity contribution in [1.82, 2.24) is 9.71 Å². The zero-order valence-electron chi connectivity index (χ0n) is 10.4. The van der Waals surface area contributed by atoms with Gasteiger partial charge in [-0.1, -0.05) is 0 Å². The highest BCUT2D eigenvalue weighted by Crippen LogP contribution is 2.14. The molecule has 1 aliphatic heterocycles. The molecule has 1 atom stereocenters. The highest BCUT2D eigenvalue weighted by atomic mass is 32.2. The molecule has 1 unspecified atom stereocenters. The number of rotatable bonds is 4. The lowest BCUT2D eigenvalue weighted by molar-refractivity contribution is 0.0568. The number of aromatic nitrogens is 1. The molecule has 0 bridgehead atoms. The molecule has 1 N–H and O–H groups in total. The number of hydrogen-bond acceptors (Lipinski definition) is 5. The summed E-state index contributed by atoms with van der Waals surface area (Å²) in [4.78, 5) is 3.83. The van der Waals surface area contributed by atoms with E-state index in [0.717, 1.165) is 19.4 Å². The molecule has 1 aromatic heterocycles. The molecule has 0 aromatic carbocycles. The third-order valence-corrected chi connectivity index (χ3v) is 4.39. The normalized spacial score (nSPS) is 19.8. The average molecular weight is 281 g/mol. The molecule has 2 heterocycles. The molecule has 0 saturated carbocycles. The summed E-state index contributed by atoms with van der Waals surface area (Å²) in [6.07, 6.45) is 3.12. The fourth-order valence-corrected chi connectivity index (χ4v) is 2.95. The maximum absolute atomic E-state index is 12.0. The van der Waals surface area contributed by atoms with Crippen molar-refractivity contribution in [1.29, 1.82) is 5.26 Å². The molecule has 0 aliphatic carbocycles. The van der Waals surface area contributed by atoms with Crippen molar-refractivity contribution in [3.63, 3.8) is 0 Å². The topological polar surface area (TPSA) is 92.1 Å². The Bertz CT molecular complexity index is 557. The van der Waals surface area contributed by atoms with Gasteiger partial charge in [0.1, 0.15) is 16.7 Å². The van der Waals surface area contributed by atoms with Gasteiger partial charge in [-0.25, -0.2) is 18.1 Å². The van der Waals surface area contributed by atoms with Crippen LogP contribution < -0.4 is 4.72 Å². The lowest BCUT2D eigenvalue weighted by atomic mass is 10.0. The van der Waals surface area contributed by atoms with E-state index >= 15 is 0 Å². The molecule has 102 valence electrons. The Hall–Kier alpha value is -1.49. The number of nitrogens with one attached hydrogen (secondary N) is 1. The van der Waals surface area contributed by atoms with E-state index in [0.29, 0.717) is 13.2 Å². The number of hydrogen-bond donors (Lipinski definition) is 1. The largest absolute Gasteiger partial charge is 0.381 e. The van der Waals surface area contributed by atoms with Crippen LogP contribution in [0.5, 0.6) is 0 Å². The first-order valence-corrected chi connectivity index (χ1v) is 7.54. The van der Waals surface area contributed by atoms with Crippen molar-refractivity contribution in [2.24, 2.45) is 5.92 Å². The van der Waals surface area contributed by atoms with Crippen LogP contribution in [0.25, 0.3) is 0 Å². The van der Waals surface area contributed by atoms with Gasteiger partial charge in [0.15, 0.2) is 0 Å². The van der Waals surface area contributed by atoms with E-state index in [-0.39, 0.29) is 16.5 Å². The summed E-state index contributed by atoms with van der Waals surface area (Å²) in [5, 5.41) is 8.61. The van der Waals surface area contributed by atoms with Crippen LogP contribution in [0.2, 0.25) is 0 Å². The summed E-state index contributed by atoms with van der Waals surface area (Å²) in [6.45, 7) is 1.71. The van der Waals surface area contributed by atoms with Gasteiger partial charge in [-0.05, 0) is 30.9 Å². The third kappa shape index (κ3) is 3.73. The molecule has 0 amide bonds. The first kappa shape index (κ1) is 13.9. The van der Waals surface area contributed by atoms with Crippen molar-refractivity contribution >= 4 is 10.0 Å². The molecule has 7 heteroatoms. The number of nitrogens with zero attached hydrogens (tertiary/aromatic N) is 2. The first-order valence-electron chi connectivity index (χ1n) is 6.05. The van der Waals surface area contributed by atoms with Crippen molar-refractivity contribution < 1.29 is 13.2 Å². The smallest absolute Gasteiger partial charge is 0.242 e. The fraction of sp³-hybridized carbons (Fsp3) is 0.500. The van der Waals surface area contributed by atoms with E-state index < -0.39 is 10.0 Å². The molecule has 6 nitrogen and oxygen atoms in total. The second-order valence-corrected chi connectivity index (χ2v) is 6.19. The van der Waals surface area contributed by atoms with Gasteiger partial charge in [0.2, 0.25) is 10.0 Å². The van der Waals surface area contributed by atoms with Gasteiger partial charge < -0.3 is 4.74 Å². The Labute approximate surface area is 112 Å². The van der Waals surface area contributed by atoms with Crippen molar-refractivity contribution in [2.75, 3.05) is 19.8 Å². The van der Waals surface area contributed by atoms with E-state index in [9.17, 15) is 8.42 Å². The van der Waals surface area contributed by atoms with E-state index in [1.807, 2.05) is 6.07 Å². The van der Waals surface area contributed by atoms with Crippen LogP contribution in [0.3, 0.4) is 0 Å². The van der Waals surface area contributed by atoms with E-state index in [2.05, 4.69) is 9.71 Å². The van der Waals surface area contributed by atoms with Gasteiger partial charge >= 0.3 is 0 Å². The quantitative estimate of drug-likeness (QED) is 0.875. The van der Waals surface area contributed by atoms with Gasteiger partial charge in [-0.3, -0.25) is 0 Å². The molecule has 0 radical (unpaired) electrons. The second kappa shape index (κ2) is 6.10. The number of sulfonamides is 1. The Morgan fingerprint density at radius 1 is 1.53 bits per heavy atom. The summed E-state index contributed by atoms with van der Waals surface area (Å²) >= 11 is 0. The van der Waals surface area contributed by atoms with Crippen LogP contribution in [0.15, 0.2) is 23.2 Å². The predicted octanol–water partition coefficient (Wildman–Crippen LogP) is 0.658. The van der Waals surface area contributed by atoms with Crippen LogP contribution in [-0.4, -0.2) is 33.2 Å². The van der Waals surface area contributed by atoms with E-state index in [1.165, 1.54) is 18.3 Å². The Kier molecular flexibility index (Phi) is 4.47. The molecule has 0 spiro atoms. The Morgan fingerprint density at radius 3 is 2.95 bits per heavy atom. The van der Waals surface area contributed by atoms with Crippen LogP contribution in [-0.2, 0) is 14.8 Å². The van der Waals surface area contributed by atoms with E-state index in [1.54, 1.807) is 0 Å². The maximum Gasteiger partial charge on any atom is 0.242 e. The highest BCUT2D eigenvalue weighted by Gasteiger charge is 2.19. The summed E-state index contributed by atoms with van der Waals surface area (Å²) in [5.41, 5.74) is 0.194. The highest BCUT2D eigenvalue weighted by molar-refractivity contribution is 7.89. The summed E-state index contributed by atoms with van der Waals surface area (Å²) < 4.78 is 31.9. The van der Waals surface area contributed by atoms with Crippen LogP contribution >= 0.6 is 0 Å². The van der Waals surface area contributed by atoms with Gasteiger partial charge in [-0.2, -0.15) is 5.26 Å². The van der Waals surface area contributed by atoms with Crippen molar-refractivity contribution in [3.8, 4) is 6.07 Å². The molecular formula is C12H15N3O3S. The third-order valence-electron chi connectivity index (χ3n) is 2.98. The maximum atomic E-state index is 12.0. The van der Waals surface area contributed by atoms with Gasteiger partial charge in [0.25, 0.3) is 0 Å². The minimum Gasteiger partial charge on any atom is -0.381 e. The minimum absolute atomic E-state index is 0.0724. The second-order valence-electron chi connectivity index (χ2n) is 4.43. The zero-order valence-corrected chi connectivity index (χ0v) is 11.2. The monoisotopic (exact) mass is 281 g/mol. The predicted molar refractivity (Wildman–Crippen MR) is 67.7 cm³/mol. The zero-order chi connectivity index (χ0) is 13.7. The molecule has 19 heavy (non-hydrogen) atoms. The molecule has 1 aromatic rings. The minimum atomic E-state index is -3.56.